The Balaban J connectivity index is 2.26. The highest BCUT2D eigenvalue weighted by atomic mass is 16.5. The Kier molecular flexibility index (Phi) is 3.95. The number of nitrogens with zero attached hydrogens (tertiary/aromatic N) is 1. The van der Waals surface area contributed by atoms with Crippen LogP contribution in [0.3, 0.4) is 0 Å². The molecule has 1 amide bonds. The number of carbonyl (C=O) groups excluding carboxylic acids is 2. The van der Waals surface area contributed by atoms with Crippen LogP contribution in [0, 0.1) is 0 Å². The lowest BCUT2D eigenvalue weighted by Gasteiger charge is -2.09. The highest BCUT2D eigenvalue weighted by Crippen LogP contribution is 2.17. The molecule has 0 saturated heterocycles. The van der Waals surface area contributed by atoms with Crippen molar-refractivity contribution < 1.29 is 14.3 Å². The Labute approximate surface area is 115 Å². The van der Waals surface area contributed by atoms with E-state index in [9.17, 15) is 9.59 Å². The van der Waals surface area contributed by atoms with Crippen molar-refractivity contribution >= 4 is 23.3 Å². The minimum atomic E-state index is -0.526. The third-order valence-corrected chi connectivity index (χ3v) is 2.60. The van der Waals surface area contributed by atoms with Gasteiger partial charge in [0.25, 0.3) is 5.91 Å². The fourth-order valence-corrected chi connectivity index (χ4v) is 1.64. The van der Waals surface area contributed by atoms with Crippen molar-refractivity contribution in [2.45, 2.75) is 0 Å². The van der Waals surface area contributed by atoms with Crippen LogP contribution in [-0.4, -0.2) is 24.0 Å². The smallest absolute Gasteiger partial charge is 0.339 e. The van der Waals surface area contributed by atoms with E-state index in [0.29, 0.717) is 11.4 Å². The van der Waals surface area contributed by atoms with Crippen LogP contribution in [0.2, 0.25) is 0 Å². The zero-order valence-corrected chi connectivity index (χ0v) is 10.8. The van der Waals surface area contributed by atoms with Crippen LogP contribution >= 0.6 is 0 Å². The normalized spacial score (nSPS) is 9.85. The molecule has 1 aromatic heterocycles. The van der Waals surface area contributed by atoms with Gasteiger partial charge in [0, 0.05) is 11.9 Å². The van der Waals surface area contributed by atoms with Gasteiger partial charge in [0.05, 0.1) is 18.4 Å². The van der Waals surface area contributed by atoms with E-state index in [-0.39, 0.29) is 11.3 Å². The first-order chi connectivity index (χ1) is 9.61. The number of esters is 1. The molecule has 20 heavy (non-hydrogen) atoms. The third kappa shape index (κ3) is 2.92. The summed E-state index contributed by atoms with van der Waals surface area (Å²) in [4.78, 5) is 27.6. The van der Waals surface area contributed by atoms with Crippen molar-refractivity contribution in [3.8, 4) is 0 Å². The second-order valence-corrected chi connectivity index (χ2v) is 3.97. The number of carbonyl (C=O) groups is 2. The average Bonchev–Trinajstić information content (AvgIpc) is 2.47. The zero-order valence-electron chi connectivity index (χ0n) is 10.8. The number of methoxy groups -OCH3 is 1. The first-order valence-electron chi connectivity index (χ1n) is 5.82. The van der Waals surface area contributed by atoms with E-state index < -0.39 is 11.9 Å². The van der Waals surface area contributed by atoms with Gasteiger partial charge < -0.3 is 15.8 Å². The summed E-state index contributed by atoms with van der Waals surface area (Å²) in [7, 11) is 1.28. The Morgan fingerprint density at radius 3 is 2.70 bits per heavy atom. The fourth-order valence-electron chi connectivity index (χ4n) is 1.64. The molecule has 0 aliphatic heterocycles. The van der Waals surface area contributed by atoms with Crippen LogP contribution in [0.25, 0.3) is 0 Å². The summed E-state index contributed by atoms with van der Waals surface area (Å²) in [5.41, 5.74) is 6.83. The molecular formula is C14H13N3O3. The SMILES string of the molecule is COC(=O)c1ccccc1NC(=O)c1cc(N)ccn1. The number of para-hydroxylation sites is 1. The van der Waals surface area contributed by atoms with Gasteiger partial charge in [-0.2, -0.15) is 0 Å². The molecule has 1 heterocycles. The Hall–Kier alpha value is -2.89. The van der Waals surface area contributed by atoms with Gasteiger partial charge in [-0.15, -0.1) is 0 Å². The number of aromatic nitrogens is 1. The number of benzene rings is 1. The Morgan fingerprint density at radius 1 is 1.25 bits per heavy atom. The van der Waals surface area contributed by atoms with Crippen molar-refractivity contribution in [3.05, 3.63) is 53.9 Å². The van der Waals surface area contributed by atoms with Crippen molar-refractivity contribution in [1.82, 2.24) is 4.98 Å². The van der Waals surface area contributed by atoms with Crippen LogP contribution in [-0.2, 0) is 4.74 Å². The topological polar surface area (TPSA) is 94.3 Å². The molecule has 2 aromatic rings. The number of amides is 1. The highest BCUT2D eigenvalue weighted by molar-refractivity contribution is 6.07. The number of nitrogens with two attached hydrogens (primary N) is 1. The van der Waals surface area contributed by atoms with Gasteiger partial charge in [-0.25, -0.2) is 4.79 Å². The molecule has 2 rings (SSSR count). The molecule has 0 aliphatic carbocycles. The van der Waals surface area contributed by atoms with Crippen LogP contribution in [0.5, 0.6) is 0 Å². The molecule has 0 bridgehead atoms. The average molecular weight is 271 g/mol. The number of rotatable bonds is 3. The second kappa shape index (κ2) is 5.83. The Morgan fingerprint density at radius 2 is 2.00 bits per heavy atom. The standard InChI is InChI=1S/C14H13N3O3/c1-20-14(19)10-4-2-3-5-11(10)17-13(18)12-8-9(15)6-7-16-12/h2-8H,1H3,(H2,15,16)(H,17,18). The van der Waals surface area contributed by atoms with Crippen LogP contribution in [0.15, 0.2) is 42.6 Å². The van der Waals surface area contributed by atoms with E-state index in [1.165, 1.54) is 19.4 Å². The molecule has 3 N–H and O–H groups in total. The lowest BCUT2D eigenvalue weighted by atomic mass is 10.1. The van der Waals surface area contributed by atoms with E-state index in [4.69, 9.17) is 5.73 Å². The number of anilines is 2. The number of hydrogen-bond donors (Lipinski definition) is 2. The van der Waals surface area contributed by atoms with Crippen LogP contribution in [0.4, 0.5) is 11.4 Å². The molecule has 0 aliphatic rings. The van der Waals surface area contributed by atoms with Crippen LogP contribution < -0.4 is 11.1 Å². The van der Waals surface area contributed by atoms with Crippen molar-refractivity contribution in [3.63, 3.8) is 0 Å². The lowest BCUT2D eigenvalue weighted by molar-refractivity contribution is 0.0602. The predicted molar refractivity (Wildman–Crippen MR) is 74.4 cm³/mol. The van der Waals surface area contributed by atoms with E-state index in [2.05, 4.69) is 15.0 Å². The van der Waals surface area contributed by atoms with E-state index in [1.807, 2.05) is 0 Å². The van der Waals surface area contributed by atoms with Gasteiger partial charge in [-0.1, -0.05) is 12.1 Å². The summed E-state index contributed by atoms with van der Waals surface area (Å²) in [6.45, 7) is 0. The first-order valence-corrected chi connectivity index (χ1v) is 5.82. The molecule has 0 fully saturated rings. The molecule has 0 atom stereocenters. The molecule has 0 unspecified atom stereocenters. The fraction of sp³-hybridized carbons (Fsp3) is 0.0714. The molecular weight excluding hydrogens is 258 g/mol. The number of pyridine rings is 1. The molecule has 0 saturated carbocycles. The molecule has 0 radical (unpaired) electrons. The summed E-state index contributed by atoms with van der Waals surface area (Å²) >= 11 is 0. The summed E-state index contributed by atoms with van der Waals surface area (Å²) in [5.74, 6) is -0.977. The third-order valence-electron chi connectivity index (χ3n) is 2.60. The monoisotopic (exact) mass is 271 g/mol. The maximum absolute atomic E-state index is 12.0. The largest absolute Gasteiger partial charge is 0.465 e. The van der Waals surface area contributed by atoms with Gasteiger partial charge in [0.1, 0.15) is 5.69 Å². The predicted octanol–water partition coefficient (Wildman–Crippen LogP) is 1.70. The first kappa shape index (κ1) is 13.5. The minimum Gasteiger partial charge on any atom is -0.465 e. The van der Waals surface area contributed by atoms with Gasteiger partial charge in [-0.3, -0.25) is 9.78 Å². The maximum atomic E-state index is 12.0. The molecule has 6 nitrogen and oxygen atoms in total. The second-order valence-electron chi connectivity index (χ2n) is 3.97. The summed E-state index contributed by atoms with van der Waals surface area (Å²) in [6, 6.07) is 9.59. The molecule has 102 valence electrons. The van der Waals surface area contributed by atoms with Crippen molar-refractivity contribution in [2.24, 2.45) is 0 Å². The molecule has 1 aromatic carbocycles. The van der Waals surface area contributed by atoms with Crippen LogP contribution in [0.1, 0.15) is 20.8 Å². The van der Waals surface area contributed by atoms with Gasteiger partial charge in [-0.05, 0) is 24.3 Å². The minimum absolute atomic E-state index is 0.171. The maximum Gasteiger partial charge on any atom is 0.339 e. The number of nitrogens with one attached hydrogen (secondary N) is 1. The quantitative estimate of drug-likeness (QED) is 0.828. The van der Waals surface area contributed by atoms with Gasteiger partial charge in [0.15, 0.2) is 0 Å². The highest BCUT2D eigenvalue weighted by Gasteiger charge is 2.14. The van der Waals surface area contributed by atoms with Gasteiger partial charge in [0.2, 0.25) is 0 Å². The Bertz CT molecular complexity index is 656. The number of hydrogen-bond acceptors (Lipinski definition) is 5. The summed E-state index contributed by atoms with van der Waals surface area (Å²) < 4.78 is 4.66. The molecule has 0 spiro atoms. The number of nitrogen functional groups attached to an aromatic ring is 1. The summed E-state index contributed by atoms with van der Waals surface area (Å²) in [6.07, 6.45) is 1.44. The van der Waals surface area contributed by atoms with Gasteiger partial charge >= 0.3 is 5.97 Å². The lowest BCUT2D eigenvalue weighted by Crippen LogP contribution is -2.16. The van der Waals surface area contributed by atoms with Crippen molar-refractivity contribution in [1.29, 1.82) is 0 Å². The van der Waals surface area contributed by atoms with E-state index in [0.717, 1.165) is 0 Å². The molecule has 6 heteroatoms. The summed E-state index contributed by atoms with van der Waals surface area (Å²) in [5, 5.41) is 2.61. The zero-order chi connectivity index (χ0) is 14.5. The van der Waals surface area contributed by atoms with E-state index in [1.54, 1.807) is 30.3 Å². The van der Waals surface area contributed by atoms with Crippen molar-refractivity contribution in [2.75, 3.05) is 18.2 Å². The van der Waals surface area contributed by atoms with E-state index >= 15 is 0 Å². The number of ether oxygens (including phenoxy) is 1.